The number of rotatable bonds is 6. The van der Waals surface area contributed by atoms with Crippen LogP contribution in [0, 0.1) is 6.92 Å². The molecule has 2 N–H and O–H groups in total. The summed E-state index contributed by atoms with van der Waals surface area (Å²) in [5, 5.41) is 12.4. The summed E-state index contributed by atoms with van der Waals surface area (Å²) in [6, 6.07) is 17.2. The Morgan fingerprint density at radius 2 is 1.70 bits per heavy atom. The van der Waals surface area contributed by atoms with Gasteiger partial charge in [-0.25, -0.2) is 0 Å². The minimum absolute atomic E-state index is 0.489. The summed E-state index contributed by atoms with van der Waals surface area (Å²) in [5.74, 6) is -0.818. The lowest BCUT2D eigenvalue weighted by atomic mass is 10.0. The Bertz CT molecular complexity index is 549. The van der Waals surface area contributed by atoms with Crippen molar-refractivity contribution < 1.29 is 9.90 Å². The summed E-state index contributed by atoms with van der Waals surface area (Å²) in [6.45, 7) is 2.58. The minimum atomic E-state index is -0.818. The summed E-state index contributed by atoms with van der Waals surface area (Å²) in [5.41, 5.74) is 3.30. The molecule has 0 amide bonds. The van der Waals surface area contributed by atoms with Gasteiger partial charge in [-0.05, 0) is 24.5 Å². The van der Waals surface area contributed by atoms with E-state index in [1.54, 1.807) is 0 Å². The highest BCUT2D eigenvalue weighted by atomic mass is 16.4. The van der Waals surface area contributed by atoms with Crippen molar-refractivity contribution in [2.75, 3.05) is 0 Å². The molecule has 3 heteroatoms. The van der Waals surface area contributed by atoms with Gasteiger partial charge < -0.3 is 10.4 Å². The van der Waals surface area contributed by atoms with Gasteiger partial charge in [0.1, 0.15) is 6.04 Å². The Morgan fingerprint density at radius 1 is 1.05 bits per heavy atom. The highest BCUT2D eigenvalue weighted by molar-refractivity contribution is 5.73. The Balaban J connectivity index is 1.97. The van der Waals surface area contributed by atoms with E-state index in [4.69, 9.17) is 0 Å². The van der Waals surface area contributed by atoms with E-state index in [-0.39, 0.29) is 0 Å². The Hall–Kier alpha value is -2.13. The Labute approximate surface area is 119 Å². The predicted molar refractivity (Wildman–Crippen MR) is 79.6 cm³/mol. The van der Waals surface area contributed by atoms with Crippen LogP contribution in [-0.2, 0) is 17.8 Å². The predicted octanol–water partition coefficient (Wildman–Crippen LogP) is 2.78. The van der Waals surface area contributed by atoms with Crippen LogP contribution in [-0.4, -0.2) is 17.1 Å². The zero-order valence-corrected chi connectivity index (χ0v) is 11.5. The van der Waals surface area contributed by atoms with Crippen LogP contribution in [0.4, 0.5) is 0 Å². The SMILES string of the molecule is Cc1ccc(CC(NCc2ccccc2)C(=O)O)cc1. The molecule has 3 nitrogen and oxygen atoms in total. The fraction of sp³-hybridized carbons (Fsp3) is 0.235. The quantitative estimate of drug-likeness (QED) is 0.847. The van der Waals surface area contributed by atoms with Gasteiger partial charge in [0.05, 0.1) is 0 Å². The van der Waals surface area contributed by atoms with Crippen molar-refractivity contribution in [1.29, 1.82) is 0 Å². The standard InChI is InChI=1S/C17H19NO2/c1-13-7-9-14(10-8-13)11-16(17(19)20)18-12-15-5-3-2-4-6-15/h2-10,16,18H,11-12H2,1H3,(H,19,20). The molecule has 0 bridgehead atoms. The summed E-state index contributed by atoms with van der Waals surface area (Å²) in [6.07, 6.45) is 0.489. The first-order valence-corrected chi connectivity index (χ1v) is 6.71. The monoisotopic (exact) mass is 269 g/mol. The lowest BCUT2D eigenvalue weighted by Gasteiger charge is -2.14. The maximum atomic E-state index is 11.3. The molecule has 0 aliphatic heterocycles. The molecule has 0 aliphatic carbocycles. The molecule has 0 heterocycles. The van der Waals surface area contributed by atoms with Gasteiger partial charge in [0.25, 0.3) is 0 Å². The second kappa shape index (κ2) is 6.87. The van der Waals surface area contributed by atoms with E-state index in [0.29, 0.717) is 13.0 Å². The number of carbonyl (C=O) groups is 1. The number of aliphatic carboxylic acids is 1. The number of benzene rings is 2. The molecule has 0 fully saturated rings. The van der Waals surface area contributed by atoms with E-state index >= 15 is 0 Å². The fourth-order valence-corrected chi connectivity index (χ4v) is 2.04. The summed E-state index contributed by atoms with van der Waals surface area (Å²) in [7, 11) is 0. The van der Waals surface area contributed by atoms with Crippen LogP contribution in [0.15, 0.2) is 54.6 Å². The van der Waals surface area contributed by atoms with Gasteiger partial charge in [-0.3, -0.25) is 4.79 Å². The third-order valence-corrected chi connectivity index (χ3v) is 3.25. The zero-order chi connectivity index (χ0) is 14.4. The molecule has 0 spiro atoms. The number of hydrogen-bond acceptors (Lipinski definition) is 2. The summed E-state index contributed by atoms with van der Waals surface area (Å²) in [4.78, 5) is 11.3. The van der Waals surface area contributed by atoms with Crippen LogP contribution in [0.3, 0.4) is 0 Å². The van der Waals surface area contributed by atoms with Crippen LogP contribution in [0.25, 0.3) is 0 Å². The van der Waals surface area contributed by atoms with E-state index in [2.05, 4.69) is 5.32 Å². The van der Waals surface area contributed by atoms with Crippen LogP contribution in [0.2, 0.25) is 0 Å². The first-order chi connectivity index (χ1) is 9.65. The van der Waals surface area contributed by atoms with E-state index < -0.39 is 12.0 Å². The normalized spacial score (nSPS) is 12.1. The minimum Gasteiger partial charge on any atom is -0.480 e. The topological polar surface area (TPSA) is 49.3 Å². The fourth-order valence-electron chi connectivity index (χ4n) is 2.04. The largest absolute Gasteiger partial charge is 0.480 e. The van der Waals surface area contributed by atoms with Gasteiger partial charge in [0.15, 0.2) is 0 Å². The highest BCUT2D eigenvalue weighted by Crippen LogP contribution is 2.07. The second-order valence-electron chi connectivity index (χ2n) is 4.95. The van der Waals surface area contributed by atoms with Crippen LogP contribution in [0.5, 0.6) is 0 Å². The summed E-state index contributed by atoms with van der Waals surface area (Å²) >= 11 is 0. The molecular weight excluding hydrogens is 250 g/mol. The Morgan fingerprint density at radius 3 is 2.30 bits per heavy atom. The highest BCUT2D eigenvalue weighted by Gasteiger charge is 2.17. The average molecular weight is 269 g/mol. The third-order valence-electron chi connectivity index (χ3n) is 3.25. The van der Waals surface area contributed by atoms with E-state index in [0.717, 1.165) is 11.1 Å². The van der Waals surface area contributed by atoms with Crippen LogP contribution in [0.1, 0.15) is 16.7 Å². The number of hydrogen-bond donors (Lipinski definition) is 2. The molecule has 1 atom stereocenters. The van der Waals surface area contributed by atoms with E-state index in [1.807, 2.05) is 61.5 Å². The van der Waals surface area contributed by atoms with Crippen molar-refractivity contribution in [3.8, 4) is 0 Å². The van der Waals surface area contributed by atoms with Crippen LogP contribution >= 0.6 is 0 Å². The molecule has 20 heavy (non-hydrogen) atoms. The molecule has 1 unspecified atom stereocenters. The molecule has 2 aromatic rings. The molecule has 0 radical (unpaired) electrons. The lowest BCUT2D eigenvalue weighted by Crippen LogP contribution is -2.38. The first kappa shape index (κ1) is 14.3. The lowest BCUT2D eigenvalue weighted by molar-refractivity contribution is -0.139. The number of nitrogens with one attached hydrogen (secondary N) is 1. The van der Waals surface area contributed by atoms with Gasteiger partial charge in [0.2, 0.25) is 0 Å². The summed E-state index contributed by atoms with van der Waals surface area (Å²) < 4.78 is 0. The van der Waals surface area contributed by atoms with E-state index in [9.17, 15) is 9.90 Å². The molecule has 2 aromatic carbocycles. The molecular formula is C17H19NO2. The molecule has 0 aliphatic rings. The number of aryl methyl sites for hydroxylation is 1. The maximum absolute atomic E-state index is 11.3. The van der Waals surface area contributed by atoms with E-state index in [1.165, 1.54) is 5.56 Å². The molecule has 2 rings (SSSR count). The maximum Gasteiger partial charge on any atom is 0.321 e. The van der Waals surface area contributed by atoms with Gasteiger partial charge in [-0.2, -0.15) is 0 Å². The Kier molecular flexibility index (Phi) is 4.91. The van der Waals surface area contributed by atoms with Gasteiger partial charge in [-0.1, -0.05) is 60.2 Å². The molecule has 104 valence electrons. The molecule has 0 aromatic heterocycles. The zero-order valence-electron chi connectivity index (χ0n) is 11.5. The smallest absolute Gasteiger partial charge is 0.321 e. The average Bonchev–Trinajstić information content (AvgIpc) is 2.46. The third kappa shape index (κ3) is 4.21. The van der Waals surface area contributed by atoms with Crippen molar-refractivity contribution in [2.45, 2.75) is 25.9 Å². The van der Waals surface area contributed by atoms with Crippen molar-refractivity contribution >= 4 is 5.97 Å². The van der Waals surface area contributed by atoms with Gasteiger partial charge in [-0.15, -0.1) is 0 Å². The van der Waals surface area contributed by atoms with Crippen LogP contribution < -0.4 is 5.32 Å². The van der Waals surface area contributed by atoms with Crippen molar-refractivity contribution in [2.24, 2.45) is 0 Å². The molecule has 0 saturated heterocycles. The number of carboxylic acids is 1. The number of carboxylic acid groups (broad SMARTS) is 1. The first-order valence-electron chi connectivity index (χ1n) is 6.71. The van der Waals surface area contributed by atoms with Gasteiger partial charge in [0, 0.05) is 6.54 Å². The van der Waals surface area contributed by atoms with Crippen molar-refractivity contribution in [3.05, 3.63) is 71.3 Å². The van der Waals surface area contributed by atoms with Crippen molar-refractivity contribution in [1.82, 2.24) is 5.32 Å². The second-order valence-corrected chi connectivity index (χ2v) is 4.95. The van der Waals surface area contributed by atoms with Gasteiger partial charge >= 0.3 is 5.97 Å². The van der Waals surface area contributed by atoms with Crippen molar-refractivity contribution in [3.63, 3.8) is 0 Å². The molecule has 0 saturated carbocycles.